The Bertz CT molecular complexity index is 312. The van der Waals surface area contributed by atoms with Crippen LogP contribution >= 0.6 is 0 Å². The Morgan fingerprint density at radius 1 is 1.29 bits per heavy atom. The molecule has 0 aromatic rings. The summed E-state index contributed by atoms with van der Waals surface area (Å²) in [6, 6.07) is 0.179. The van der Waals surface area contributed by atoms with Crippen molar-refractivity contribution in [3.8, 4) is 0 Å². The largest absolute Gasteiger partial charge is 0.481 e. The number of nitrogens with one attached hydrogen (secondary N) is 1. The first-order valence-corrected chi connectivity index (χ1v) is 6.39. The van der Waals surface area contributed by atoms with E-state index in [1.165, 1.54) is 0 Å². The summed E-state index contributed by atoms with van der Waals surface area (Å²) in [6.07, 6.45) is 2.87. The summed E-state index contributed by atoms with van der Waals surface area (Å²) >= 11 is 0. The zero-order chi connectivity index (χ0) is 13.2. The third kappa shape index (κ3) is 2.79. The van der Waals surface area contributed by atoms with Gasteiger partial charge in [0.2, 0.25) is 5.91 Å². The Kier molecular flexibility index (Phi) is 4.17. The van der Waals surface area contributed by atoms with Crippen molar-refractivity contribution < 1.29 is 14.7 Å². The van der Waals surface area contributed by atoms with Crippen molar-refractivity contribution in [3.05, 3.63) is 0 Å². The van der Waals surface area contributed by atoms with Crippen LogP contribution in [0.25, 0.3) is 0 Å². The van der Waals surface area contributed by atoms with Crippen LogP contribution in [0, 0.1) is 17.3 Å². The third-order valence-electron chi connectivity index (χ3n) is 3.85. The van der Waals surface area contributed by atoms with Gasteiger partial charge < -0.3 is 10.4 Å². The standard InChI is InChI=1S/C13H23NO3/c1-5-7-8(6-2)14-11(15)9-10(12(16)17)13(9,3)4/h8-10H,5-7H2,1-4H3,(H,14,15)(H,16,17)/t8?,9-,10+/m1/s1. The van der Waals surface area contributed by atoms with Crippen LogP contribution in [0.5, 0.6) is 0 Å². The lowest BCUT2D eigenvalue weighted by atomic mass is 10.1. The second-order valence-corrected chi connectivity index (χ2v) is 5.52. The monoisotopic (exact) mass is 241 g/mol. The Labute approximate surface area is 103 Å². The van der Waals surface area contributed by atoms with Gasteiger partial charge in [0.15, 0.2) is 0 Å². The van der Waals surface area contributed by atoms with Crippen LogP contribution in [0.15, 0.2) is 0 Å². The molecule has 1 rings (SSSR count). The fourth-order valence-electron chi connectivity index (χ4n) is 2.61. The topological polar surface area (TPSA) is 66.4 Å². The van der Waals surface area contributed by atoms with Gasteiger partial charge in [0.05, 0.1) is 11.8 Å². The first-order valence-electron chi connectivity index (χ1n) is 6.39. The van der Waals surface area contributed by atoms with Crippen LogP contribution in [0.4, 0.5) is 0 Å². The first-order chi connectivity index (χ1) is 7.86. The minimum absolute atomic E-state index is 0.0947. The molecule has 2 N–H and O–H groups in total. The predicted molar refractivity (Wildman–Crippen MR) is 65.5 cm³/mol. The van der Waals surface area contributed by atoms with Crippen molar-refractivity contribution in [2.75, 3.05) is 0 Å². The van der Waals surface area contributed by atoms with Crippen molar-refractivity contribution >= 4 is 11.9 Å². The van der Waals surface area contributed by atoms with Crippen molar-refractivity contribution in [2.24, 2.45) is 17.3 Å². The molecule has 1 unspecified atom stereocenters. The van der Waals surface area contributed by atoms with Gasteiger partial charge in [-0.25, -0.2) is 0 Å². The molecule has 0 radical (unpaired) electrons. The van der Waals surface area contributed by atoms with Crippen LogP contribution in [0.3, 0.4) is 0 Å². The molecule has 1 fully saturated rings. The lowest BCUT2D eigenvalue weighted by Crippen LogP contribution is -2.36. The van der Waals surface area contributed by atoms with Gasteiger partial charge in [-0.05, 0) is 18.3 Å². The van der Waals surface area contributed by atoms with Gasteiger partial charge in [0, 0.05) is 6.04 Å². The maximum absolute atomic E-state index is 12.0. The molecule has 0 aliphatic heterocycles. The molecule has 1 aliphatic rings. The summed E-state index contributed by atoms with van der Waals surface area (Å²) in [5.74, 6) is -1.85. The molecule has 0 bridgehead atoms. The van der Waals surface area contributed by atoms with E-state index in [0.717, 1.165) is 19.3 Å². The molecule has 0 saturated heterocycles. The minimum atomic E-state index is -0.862. The molecular formula is C13H23NO3. The number of hydrogen-bond donors (Lipinski definition) is 2. The van der Waals surface area contributed by atoms with Gasteiger partial charge in [-0.2, -0.15) is 0 Å². The molecule has 98 valence electrons. The van der Waals surface area contributed by atoms with E-state index < -0.39 is 17.3 Å². The van der Waals surface area contributed by atoms with Gasteiger partial charge in [0.1, 0.15) is 0 Å². The summed E-state index contributed by atoms with van der Waals surface area (Å²) < 4.78 is 0. The van der Waals surface area contributed by atoms with E-state index in [1.807, 2.05) is 20.8 Å². The molecule has 4 heteroatoms. The smallest absolute Gasteiger partial charge is 0.307 e. The molecule has 1 amide bonds. The molecule has 1 saturated carbocycles. The zero-order valence-electron chi connectivity index (χ0n) is 11.1. The van der Waals surface area contributed by atoms with E-state index in [1.54, 1.807) is 0 Å². The summed E-state index contributed by atoms with van der Waals surface area (Å²) in [6.45, 7) is 7.80. The van der Waals surface area contributed by atoms with E-state index in [4.69, 9.17) is 5.11 Å². The van der Waals surface area contributed by atoms with Crippen LogP contribution in [-0.4, -0.2) is 23.0 Å². The number of carbonyl (C=O) groups is 2. The summed E-state index contributed by atoms with van der Waals surface area (Å²) in [5, 5.41) is 12.0. The molecule has 0 spiro atoms. The maximum atomic E-state index is 12.0. The molecular weight excluding hydrogens is 218 g/mol. The van der Waals surface area contributed by atoms with Crippen molar-refractivity contribution in [1.29, 1.82) is 0 Å². The first kappa shape index (κ1) is 14.0. The highest BCUT2D eigenvalue weighted by Crippen LogP contribution is 2.58. The predicted octanol–water partition coefficient (Wildman–Crippen LogP) is 2.04. The molecule has 17 heavy (non-hydrogen) atoms. The quantitative estimate of drug-likeness (QED) is 0.747. The van der Waals surface area contributed by atoms with E-state index in [0.29, 0.717) is 0 Å². The number of rotatable bonds is 6. The summed E-state index contributed by atoms with van der Waals surface area (Å²) in [7, 11) is 0. The number of carbonyl (C=O) groups excluding carboxylic acids is 1. The summed E-state index contributed by atoms with van der Waals surface area (Å²) in [4.78, 5) is 23.0. The Balaban J connectivity index is 2.58. The van der Waals surface area contributed by atoms with Gasteiger partial charge in [0.25, 0.3) is 0 Å². The van der Waals surface area contributed by atoms with Crippen LogP contribution in [0.1, 0.15) is 47.0 Å². The van der Waals surface area contributed by atoms with Crippen molar-refractivity contribution in [2.45, 2.75) is 53.0 Å². The molecule has 1 aliphatic carbocycles. The fourth-order valence-corrected chi connectivity index (χ4v) is 2.61. The molecule has 0 heterocycles. The molecule has 0 aromatic heterocycles. The summed E-state index contributed by atoms with van der Waals surface area (Å²) in [5.41, 5.74) is -0.402. The zero-order valence-corrected chi connectivity index (χ0v) is 11.1. The van der Waals surface area contributed by atoms with Gasteiger partial charge in [-0.3, -0.25) is 9.59 Å². The highest BCUT2D eigenvalue weighted by molar-refractivity contribution is 5.91. The molecule has 3 atom stereocenters. The highest BCUT2D eigenvalue weighted by atomic mass is 16.4. The van der Waals surface area contributed by atoms with Crippen LogP contribution in [-0.2, 0) is 9.59 Å². The van der Waals surface area contributed by atoms with Crippen molar-refractivity contribution in [3.63, 3.8) is 0 Å². The van der Waals surface area contributed by atoms with E-state index in [-0.39, 0.29) is 17.9 Å². The Hall–Kier alpha value is -1.06. The number of carboxylic acid groups (broad SMARTS) is 1. The van der Waals surface area contributed by atoms with Gasteiger partial charge >= 0.3 is 5.97 Å². The fraction of sp³-hybridized carbons (Fsp3) is 0.846. The highest BCUT2D eigenvalue weighted by Gasteiger charge is 2.65. The molecule has 0 aromatic carbocycles. The number of carboxylic acids is 1. The maximum Gasteiger partial charge on any atom is 0.307 e. The normalized spacial score (nSPS) is 27.3. The number of aliphatic carboxylic acids is 1. The van der Waals surface area contributed by atoms with Crippen molar-refractivity contribution in [1.82, 2.24) is 5.32 Å². The average molecular weight is 241 g/mol. The number of hydrogen-bond acceptors (Lipinski definition) is 2. The van der Waals surface area contributed by atoms with E-state index >= 15 is 0 Å². The second kappa shape index (κ2) is 5.07. The van der Waals surface area contributed by atoms with Gasteiger partial charge in [-0.15, -0.1) is 0 Å². The van der Waals surface area contributed by atoms with Crippen LogP contribution in [0.2, 0.25) is 0 Å². The lowest BCUT2D eigenvalue weighted by molar-refractivity contribution is -0.140. The Morgan fingerprint density at radius 2 is 1.88 bits per heavy atom. The van der Waals surface area contributed by atoms with Crippen LogP contribution < -0.4 is 5.32 Å². The molecule has 4 nitrogen and oxygen atoms in total. The minimum Gasteiger partial charge on any atom is -0.481 e. The lowest BCUT2D eigenvalue weighted by Gasteiger charge is -2.16. The van der Waals surface area contributed by atoms with Gasteiger partial charge in [-0.1, -0.05) is 34.1 Å². The average Bonchev–Trinajstić information content (AvgIpc) is 2.81. The SMILES string of the molecule is CCCC(CC)NC(=O)[C@H]1[C@@H](C(=O)O)C1(C)C. The number of amides is 1. The Morgan fingerprint density at radius 3 is 2.24 bits per heavy atom. The second-order valence-electron chi connectivity index (χ2n) is 5.52. The van der Waals surface area contributed by atoms with E-state index in [2.05, 4.69) is 12.2 Å². The van der Waals surface area contributed by atoms with E-state index in [9.17, 15) is 9.59 Å². The third-order valence-corrected chi connectivity index (χ3v) is 3.85.